The van der Waals surface area contributed by atoms with Crippen LogP contribution in [0.4, 0.5) is 5.69 Å². The third kappa shape index (κ3) is 3.55. The van der Waals surface area contributed by atoms with Gasteiger partial charge in [0.25, 0.3) is 0 Å². The summed E-state index contributed by atoms with van der Waals surface area (Å²) in [5, 5.41) is 1.06. The molecular formula is C16H23N5OS. The van der Waals surface area contributed by atoms with Crippen molar-refractivity contribution in [3.63, 3.8) is 0 Å². The SMILES string of the molecule is COc1nccc2c(N3CCC(CS(C)(=N)=N)CC3)ccnc12. The second-order valence-corrected chi connectivity index (χ2v) is 8.74. The lowest BCUT2D eigenvalue weighted by atomic mass is 9.98. The molecule has 2 aromatic rings. The molecule has 2 aromatic heterocycles. The van der Waals surface area contributed by atoms with E-state index in [0.29, 0.717) is 11.8 Å². The molecule has 6 nitrogen and oxygen atoms in total. The molecule has 0 radical (unpaired) electrons. The van der Waals surface area contributed by atoms with Gasteiger partial charge in [-0.15, -0.1) is 0 Å². The van der Waals surface area contributed by atoms with Crippen LogP contribution in [0.15, 0.2) is 24.5 Å². The number of pyridine rings is 2. The maximum absolute atomic E-state index is 7.84. The number of ether oxygens (including phenoxy) is 1. The summed E-state index contributed by atoms with van der Waals surface area (Å²) in [5.41, 5.74) is 1.96. The zero-order chi connectivity index (χ0) is 16.4. The molecule has 0 aromatic carbocycles. The van der Waals surface area contributed by atoms with Crippen molar-refractivity contribution < 1.29 is 4.74 Å². The molecule has 3 heterocycles. The van der Waals surface area contributed by atoms with Crippen LogP contribution in [0.25, 0.3) is 10.9 Å². The number of rotatable bonds is 4. The number of piperidine rings is 1. The largest absolute Gasteiger partial charge is 0.479 e. The van der Waals surface area contributed by atoms with Gasteiger partial charge in [0.05, 0.1) is 7.11 Å². The lowest BCUT2D eigenvalue weighted by Gasteiger charge is -2.34. The lowest BCUT2D eigenvalue weighted by Crippen LogP contribution is -2.35. The Labute approximate surface area is 137 Å². The molecule has 0 amide bonds. The average molecular weight is 333 g/mol. The lowest BCUT2D eigenvalue weighted by molar-refractivity contribution is 0.402. The van der Waals surface area contributed by atoms with E-state index in [1.807, 2.05) is 18.3 Å². The predicted octanol–water partition coefficient (Wildman–Crippen LogP) is 3.16. The second-order valence-electron chi connectivity index (χ2n) is 6.23. The van der Waals surface area contributed by atoms with Crippen LogP contribution >= 0.6 is 0 Å². The number of nitrogens with one attached hydrogen (secondary N) is 2. The molecular weight excluding hydrogens is 310 g/mol. The number of hydrogen-bond donors (Lipinski definition) is 2. The third-order valence-corrected chi connectivity index (χ3v) is 5.46. The number of methoxy groups -OCH3 is 1. The first-order chi connectivity index (χ1) is 11.0. The number of aromatic nitrogens is 2. The minimum atomic E-state index is -1.90. The summed E-state index contributed by atoms with van der Waals surface area (Å²) in [7, 11) is -0.289. The van der Waals surface area contributed by atoms with E-state index in [9.17, 15) is 0 Å². The summed E-state index contributed by atoms with van der Waals surface area (Å²) in [4.78, 5) is 11.0. The van der Waals surface area contributed by atoms with E-state index in [4.69, 9.17) is 14.3 Å². The fraction of sp³-hybridized carbons (Fsp3) is 0.500. The van der Waals surface area contributed by atoms with E-state index >= 15 is 0 Å². The van der Waals surface area contributed by atoms with Gasteiger partial charge in [-0.2, -0.15) is 0 Å². The van der Waals surface area contributed by atoms with Gasteiger partial charge in [-0.1, -0.05) is 9.62 Å². The van der Waals surface area contributed by atoms with E-state index in [1.165, 1.54) is 5.69 Å². The standard InChI is InChI=1S/C16H23N5OS/c1-22-16-15-13(3-7-20-16)14(4-8-19-15)21-9-5-12(6-10-21)11-23(2,17)18/h3-4,7-8,12,17-18H,5-6,9-11H2,1-2H3. The third-order valence-electron chi connectivity index (χ3n) is 4.32. The first-order valence-electron chi connectivity index (χ1n) is 7.76. The maximum Gasteiger partial charge on any atom is 0.240 e. The van der Waals surface area contributed by atoms with Crippen LogP contribution in [0.5, 0.6) is 5.88 Å². The van der Waals surface area contributed by atoms with Gasteiger partial charge < -0.3 is 9.64 Å². The highest BCUT2D eigenvalue weighted by Gasteiger charge is 2.22. The molecule has 1 fully saturated rings. The van der Waals surface area contributed by atoms with Crippen molar-refractivity contribution in [3.05, 3.63) is 24.5 Å². The Morgan fingerprint density at radius 3 is 2.57 bits per heavy atom. The Hall–Kier alpha value is -1.89. The quantitative estimate of drug-likeness (QED) is 0.900. The van der Waals surface area contributed by atoms with Crippen LogP contribution in [0.1, 0.15) is 12.8 Å². The highest BCUT2D eigenvalue weighted by atomic mass is 32.2. The molecule has 7 heteroatoms. The van der Waals surface area contributed by atoms with Gasteiger partial charge in [0.15, 0.2) is 0 Å². The van der Waals surface area contributed by atoms with E-state index < -0.39 is 9.62 Å². The average Bonchev–Trinajstić information content (AvgIpc) is 2.53. The molecule has 0 atom stereocenters. The molecule has 1 saturated heterocycles. The van der Waals surface area contributed by atoms with Gasteiger partial charge in [0.1, 0.15) is 5.52 Å². The molecule has 1 aliphatic heterocycles. The monoisotopic (exact) mass is 333 g/mol. The van der Waals surface area contributed by atoms with Crippen molar-refractivity contribution in [3.8, 4) is 5.88 Å². The summed E-state index contributed by atoms with van der Waals surface area (Å²) in [6.07, 6.45) is 7.42. The van der Waals surface area contributed by atoms with Crippen LogP contribution in [0.2, 0.25) is 0 Å². The Balaban J connectivity index is 1.83. The van der Waals surface area contributed by atoms with E-state index in [-0.39, 0.29) is 0 Å². The molecule has 1 aliphatic rings. The smallest absolute Gasteiger partial charge is 0.240 e. The molecule has 124 valence electrons. The zero-order valence-electron chi connectivity index (χ0n) is 13.6. The highest BCUT2D eigenvalue weighted by molar-refractivity contribution is 7.92. The summed E-state index contributed by atoms with van der Waals surface area (Å²) < 4.78 is 21.0. The Bertz CT molecular complexity index is 797. The molecule has 0 spiro atoms. The molecule has 0 saturated carbocycles. The normalized spacial score (nSPS) is 16.7. The second kappa shape index (κ2) is 6.31. The van der Waals surface area contributed by atoms with Crippen molar-refractivity contribution in [2.45, 2.75) is 12.8 Å². The maximum atomic E-state index is 7.84. The van der Waals surface area contributed by atoms with Crippen molar-refractivity contribution in [1.29, 1.82) is 9.56 Å². The van der Waals surface area contributed by atoms with Gasteiger partial charge in [0, 0.05) is 48.6 Å². The van der Waals surface area contributed by atoms with Crippen LogP contribution in [-0.4, -0.2) is 42.2 Å². The van der Waals surface area contributed by atoms with Gasteiger partial charge in [-0.05, 0) is 30.9 Å². The van der Waals surface area contributed by atoms with E-state index in [2.05, 4.69) is 14.9 Å². The van der Waals surface area contributed by atoms with Crippen molar-refractivity contribution >= 4 is 26.2 Å². The molecule has 0 bridgehead atoms. The molecule has 2 N–H and O–H groups in total. The minimum absolute atomic E-state index is 0.505. The van der Waals surface area contributed by atoms with E-state index in [1.54, 1.807) is 19.6 Å². The topological polar surface area (TPSA) is 86.0 Å². The van der Waals surface area contributed by atoms with Gasteiger partial charge >= 0.3 is 0 Å². The van der Waals surface area contributed by atoms with Crippen LogP contribution in [0.3, 0.4) is 0 Å². The number of hydrogen-bond acceptors (Lipinski definition) is 6. The fourth-order valence-corrected chi connectivity index (χ4v) is 4.55. The Morgan fingerprint density at radius 2 is 1.91 bits per heavy atom. The first-order valence-corrected chi connectivity index (χ1v) is 9.97. The Kier molecular flexibility index (Phi) is 4.39. The Morgan fingerprint density at radius 1 is 1.22 bits per heavy atom. The summed E-state index contributed by atoms with van der Waals surface area (Å²) in [6.45, 7) is 1.92. The molecule has 3 rings (SSSR count). The number of fused-ring (bicyclic) bond motifs is 1. The fourth-order valence-electron chi connectivity index (χ4n) is 3.28. The van der Waals surface area contributed by atoms with Gasteiger partial charge in [0.2, 0.25) is 5.88 Å². The molecule has 23 heavy (non-hydrogen) atoms. The van der Waals surface area contributed by atoms with Crippen LogP contribution < -0.4 is 9.64 Å². The summed E-state index contributed by atoms with van der Waals surface area (Å²) >= 11 is 0. The van der Waals surface area contributed by atoms with Gasteiger partial charge in [-0.3, -0.25) is 14.5 Å². The van der Waals surface area contributed by atoms with Crippen molar-refractivity contribution in [2.24, 2.45) is 5.92 Å². The first kappa shape index (κ1) is 16.0. The van der Waals surface area contributed by atoms with Crippen molar-refractivity contribution in [2.75, 3.05) is 37.1 Å². The highest BCUT2D eigenvalue weighted by Crippen LogP contribution is 2.32. The number of anilines is 1. The van der Waals surface area contributed by atoms with Gasteiger partial charge in [-0.25, -0.2) is 4.98 Å². The van der Waals surface area contributed by atoms with E-state index in [0.717, 1.165) is 42.6 Å². The predicted molar refractivity (Wildman–Crippen MR) is 94.6 cm³/mol. The minimum Gasteiger partial charge on any atom is -0.479 e. The zero-order valence-corrected chi connectivity index (χ0v) is 14.4. The molecule has 0 unspecified atom stereocenters. The summed E-state index contributed by atoms with van der Waals surface area (Å²) in [6, 6.07) is 4.04. The summed E-state index contributed by atoms with van der Waals surface area (Å²) in [5.74, 6) is 1.79. The number of nitrogens with zero attached hydrogens (tertiary/aromatic N) is 3. The molecule has 0 aliphatic carbocycles. The van der Waals surface area contributed by atoms with Crippen LogP contribution in [0, 0.1) is 15.5 Å². The van der Waals surface area contributed by atoms with Crippen LogP contribution in [-0.2, 0) is 9.62 Å². The van der Waals surface area contributed by atoms with Crippen molar-refractivity contribution in [1.82, 2.24) is 9.97 Å².